The van der Waals surface area contributed by atoms with Gasteiger partial charge in [-0.25, -0.2) is 0 Å². The van der Waals surface area contributed by atoms with Crippen LogP contribution < -0.4 is 16.4 Å². The van der Waals surface area contributed by atoms with Crippen molar-refractivity contribution < 1.29 is 9.47 Å². The van der Waals surface area contributed by atoms with Gasteiger partial charge < -0.3 is 25.8 Å². The maximum atomic E-state index is 5.86. The van der Waals surface area contributed by atoms with Gasteiger partial charge in [-0.15, -0.1) is 0 Å². The molecule has 0 radical (unpaired) electrons. The minimum absolute atomic E-state index is 0.421. The van der Waals surface area contributed by atoms with E-state index in [0.29, 0.717) is 6.10 Å². The molecule has 1 fully saturated rings. The number of nitrogens with one attached hydrogen (secondary N) is 2. The third kappa shape index (κ3) is 5.43. The van der Waals surface area contributed by atoms with Crippen molar-refractivity contribution in [3.8, 4) is 0 Å². The Labute approximate surface area is 121 Å². The third-order valence-corrected chi connectivity index (χ3v) is 3.67. The fourth-order valence-corrected chi connectivity index (χ4v) is 2.43. The Bertz CT molecular complexity index is 336. The van der Waals surface area contributed by atoms with E-state index in [1.807, 2.05) is 6.08 Å². The highest BCUT2D eigenvalue weighted by Gasteiger charge is 2.13. The number of hydrogen-bond acceptors (Lipinski definition) is 5. The van der Waals surface area contributed by atoms with Crippen molar-refractivity contribution in [1.82, 2.24) is 10.6 Å². The third-order valence-electron chi connectivity index (χ3n) is 3.67. The Morgan fingerprint density at radius 2 is 2.15 bits per heavy atom. The Hall–Kier alpha value is -1.20. The van der Waals surface area contributed by atoms with Crippen LogP contribution in [0, 0.1) is 0 Å². The van der Waals surface area contributed by atoms with Crippen LogP contribution in [0.3, 0.4) is 0 Å². The molecule has 0 aromatic carbocycles. The smallest absolute Gasteiger partial charge is 0.0994 e. The molecule has 4 N–H and O–H groups in total. The first kappa shape index (κ1) is 15.2. The standard InChI is InChI=1S/C15H27N3O2/c16-15-13(4-3-7-18-15)6-11-19-9-1-2-10-20-14-5-8-17-12-14/h6,11,14,17-18H,1-5,7-10,12,16H2/b11-6-/t14-/m1/s1. The van der Waals surface area contributed by atoms with E-state index >= 15 is 0 Å². The molecule has 0 aliphatic carbocycles. The molecule has 20 heavy (non-hydrogen) atoms. The zero-order valence-electron chi connectivity index (χ0n) is 12.2. The summed E-state index contributed by atoms with van der Waals surface area (Å²) in [5.74, 6) is 0.787. The summed E-state index contributed by atoms with van der Waals surface area (Å²) in [5.41, 5.74) is 7.01. The van der Waals surface area contributed by atoms with Gasteiger partial charge in [-0.1, -0.05) is 0 Å². The van der Waals surface area contributed by atoms with Crippen LogP contribution in [-0.2, 0) is 9.47 Å². The fraction of sp³-hybridized carbons (Fsp3) is 0.733. The summed E-state index contributed by atoms with van der Waals surface area (Å²) in [5, 5.41) is 6.45. The van der Waals surface area contributed by atoms with Crippen LogP contribution in [0.15, 0.2) is 23.7 Å². The molecular weight excluding hydrogens is 254 g/mol. The molecule has 0 spiro atoms. The number of unbranched alkanes of at least 4 members (excludes halogenated alkanes) is 1. The van der Waals surface area contributed by atoms with E-state index in [4.69, 9.17) is 15.2 Å². The van der Waals surface area contributed by atoms with Crippen molar-refractivity contribution in [1.29, 1.82) is 0 Å². The quantitative estimate of drug-likeness (QED) is 0.461. The largest absolute Gasteiger partial charge is 0.501 e. The van der Waals surface area contributed by atoms with Crippen LogP contribution in [0.25, 0.3) is 0 Å². The van der Waals surface area contributed by atoms with Crippen molar-refractivity contribution >= 4 is 0 Å². The minimum atomic E-state index is 0.421. The van der Waals surface area contributed by atoms with Crippen molar-refractivity contribution in [2.75, 3.05) is 32.8 Å². The molecule has 0 unspecified atom stereocenters. The molecule has 5 nitrogen and oxygen atoms in total. The predicted octanol–water partition coefficient (Wildman–Crippen LogP) is 1.23. The SMILES string of the molecule is NC1=C(/C=C\OCCCCO[C@@H]2CCNC2)CCCN1. The highest BCUT2D eigenvalue weighted by Crippen LogP contribution is 2.12. The summed E-state index contributed by atoms with van der Waals surface area (Å²) >= 11 is 0. The van der Waals surface area contributed by atoms with Crippen LogP contribution >= 0.6 is 0 Å². The molecule has 0 aromatic heterocycles. The second kappa shape index (κ2) is 8.87. The van der Waals surface area contributed by atoms with E-state index in [1.165, 1.54) is 0 Å². The number of nitrogens with two attached hydrogens (primary N) is 1. The van der Waals surface area contributed by atoms with E-state index in [-0.39, 0.29) is 0 Å². The lowest BCUT2D eigenvalue weighted by Gasteiger charge is -2.16. The lowest BCUT2D eigenvalue weighted by molar-refractivity contribution is 0.0614. The number of hydrogen-bond donors (Lipinski definition) is 3. The van der Waals surface area contributed by atoms with Gasteiger partial charge in [0.25, 0.3) is 0 Å². The maximum absolute atomic E-state index is 5.86. The second-order valence-electron chi connectivity index (χ2n) is 5.34. The monoisotopic (exact) mass is 281 g/mol. The number of allylic oxidation sites excluding steroid dienone is 2. The van der Waals surface area contributed by atoms with Crippen LogP contribution in [0.5, 0.6) is 0 Å². The fourth-order valence-electron chi connectivity index (χ4n) is 2.43. The van der Waals surface area contributed by atoms with Gasteiger partial charge in [-0.2, -0.15) is 0 Å². The first-order valence-corrected chi connectivity index (χ1v) is 7.69. The normalized spacial score (nSPS) is 23.3. The van der Waals surface area contributed by atoms with E-state index in [1.54, 1.807) is 6.26 Å². The van der Waals surface area contributed by atoms with Gasteiger partial charge in [0, 0.05) is 19.7 Å². The highest BCUT2D eigenvalue weighted by molar-refractivity contribution is 5.23. The molecule has 0 aromatic rings. The Balaban J connectivity index is 1.46. The van der Waals surface area contributed by atoms with Gasteiger partial charge >= 0.3 is 0 Å². The lowest BCUT2D eigenvalue weighted by atomic mass is 10.1. The van der Waals surface area contributed by atoms with Crippen LogP contribution in [0.2, 0.25) is 0 Å². The average molecular weight is 281 g/mol. The second-order valence-corrected chi connectivity index (χ2v) is 5.34. The molecular formula is C15H27N3O2. The van der Waals surface area contributed by atoms with Crippen LogP contribution in [0.1, 0.15) is 32.1 Å². The lowest BCUT2D eigenvalue weighted by Crippen LogP contribution is -2.26. The molecule has 0 amide bonds. The molecule has 0 bridgehead atoms. The summed E-state index contributed by atoms with van der Waals surface area (Å²) in [4.78, 5) is 0. The molecule has 2 heterocycles. The molecule has 2 aliphatic heterocycles. The number of ether oxygens (including phenoxy) is 2. The molecule has 1 atom stereocenters. The first-order chi connectivity index (χ1) is 9.86. The van der Waals surface area contributed by atoms with Gasteiger partial charge in [0.1, 0.15) is 0 Å². The van der Waals surface area contributed by atoms with Crippen molar-refractivity contribution in [3.05, 3.63) is 23.7 Å². The van der Waals surface area contributed by atoms with Crippen molar-refractivity contribution in [2.45, 2.75) is 38.2 Å². The van der Waals surface area contributed by atoms with E-state index in [9.17, 15) is 0 Å². The minimum Gasteiger partial charge on any atom is -0.501 e. The predicted molar refractivity (Wildman–Crippen MR) is 80.0 cm³/mol. The van der Waals surface area contributed by atoms with Gasteiger partial charge in [0.2, 0.25) is 0 Å². The van der Waals surface area contributed by atoms with Crippen LogP contribution in [-0.4, -0.2) is 39.0 Å². The molecule has 5 heteroatoms. The Kier molecular flexibility index (Phi) is 6.74. The summed E-state index contributed by atoms with van der Waals surface area (Å²) in [6.45, 7) is 4.64. The van der Waals surface area contributed by atoms with Gasteiger partial charge in [-0.3, -0.25) is 0 Å². The highest BCUT2D eigenvalue weighted by atomic mass is 16.5. The Morgan fingerprint density at radius 1 is 1.25 bits per heavy atom. The zero-order valence-corrected chi connectivity index (χ0v) is 12.2. The summed E-state index contributed by atoms with van der Waals surface area (Å²) in [7, 11) is 0. The van der Waals surface area contributed by atoms with E-state index in [2.05, 4.69) is 10.6 Å². The maximum Gasteiger partial charge on any atom is 0.0994 e. The average Bonchev–Trinajstić information content (AvgIpc) is 2.97. The molecule has 0 saturated carbocycles. The van der Waals surface area contributed by atoms with E-state index < -0.39 is 0 Å². The van der Waals surface area contributed by atoms with E-state index in [0.717, 1.165) is 76.3 Å². The molecule has 2 rings (SSSR count). The van der Waals surface area contributed by atoms with Crippen molar-refractivity contribution in [3.63, 3.8) is 0 Å². The first-order valence-electron chi connectivity index (χ1n) is 7.69. The van der Waals surface area contributed by atoms with Gasteiger partial charge in [-0.05, 0) is 50.3 Å². The van der Waals surface area contributed by atoms with Crippen molar-refractivity contribution in [2.24, 2.45) is 5.73 Å². The topological polar surface area (TPSA) is 68.5 Å². The zero-order chi connectivity index (χ0) is 14.0. The summed E-state index contributed by atoms with van der Waals surface area (Å²) < 4.78 is 11.2. The van der Waals surface area contributed by atoms with Crippen LogP contribution in [0.4, 0.5) is 0 Å². The van der Waals surface area contributed by atoms with Gasteiger partial charge in [0.05, 0.1) is 24.8 Å². The van der Waals surface area contributed by atoms with Gasteiger partial charge in [0.15, 0.2) is 0 Å². The summed E-state index contributed by atoms with van der Waals surface area (Å²) in [6, 6.07) is 0. The molecule has 114 valence electrons. The number of rotatable bonds is 8. The molecule has 2 aliphatic rings. The molecule has 1 saturated heterocycles. The Morgan fingerprint density at radius 3 is 2.95 bits per heavy atom. The summed E-state index contributed by atoms with van der Waals surface area (Å²) in [6.07, 6.45) is 9.54.